The van der Waals surface area contributed by atoms with E-state index in [1.54, 1.807) is 44.8 Å². The number of esters is 2. The predicted molar refractivity (Wildman–Crippen MR) is 135 cm³/mol. The number of benzene rings is 1. The molecule has 2 saturated heterocycles. The van der Waals surface area contributed by atoms with Gasteiger partial charge in [-0.25, -0.2) is 9.80 Å². The smallest absolute Gasteiger partial charge is 0.331 e. The number of amides is 1. The molecule has 2 fully saturated rings. The van der Waals surface area contributed by atoms with Crippen molar-refractivity contribution in [3.8, 4) is 0 Å². The van der Waals surface area contributed by atoms with Gasteiger partial charge in [0.15, 0.2) is 0 Å². The van der Waals surface area contributed by atoms with Crippen LogP contribution in [-0.4, -0.2) is 76.2 Å². The van der Waals surface area contributed by atoms with Gasteiger partial charge in [-0.1, -0.05) is 12.1 Å². The second-order valence-electron chi connectivity index (χ2n) is 10.5. The van der Waals surface area contributed by atoms with Crippen molar-refractivity contribution in [2.45, 2.75) is 89.9 Å². The minimum absolute atomic E-state index is 0.00139. The van der Waals surface area contributed by atoms with Gasteiger partial charge in [-0.15, -0.1) is 0 Å². The molecule has 0 saturated carbocycles. The second-order valence-corrected chi connectivity index (χ2v) is 10.5. The van der Waals surface area contributed by atoms with E-state index in [-0.39, 0.29) is 18.2 Å². The molecule has 0 bridgehead atoms. The summed E-state index contributed by atoms with van der Waals surface area (Å²) in [7, 11) is 0. The summed E-state index contributed by atoms with van der Waals surface area (Å²) in [5, 5.41) is 17.6. The Bertz CT molecular complexity index is 976. The maximum Gasteiger partial charge on any atom is 0.331 e. The summed E-state index contributed by atoms with van der Waals surface area (Å²) in [5.74, 6) is -1.13. The summed E-state index contributed by atoms with van der Waals surface area (Å²) in [5.41, 5.74) is 0.165. The first-order valence-electron chi connectivity index (χ1n) is 13.0. The first kappa shape index (κ1) is 28.5. The first-order valence-corrected chi connectivity index (χ1v) is 13.0. The van der Waals surface area contributed by atoms with E-state index in [0.29, 0.717) is 38.8 Å². The first-order chi connectivity index (χ1) is 17.5. The number of ether oxygens (including phenoxy) is 2. The van der Waals surface area contributed by atoms with Crippen LogP contribution in [0.1, 0.15) is 65.4 Å². The Kier molecular flexibility index (Phi) is 9.61. The zero-order valence-corrected chi connectivity index (χ0v) is 22.1. The number of nitrogens with one attached hydrogen (secondary N) is 1. The van der Waals surface area contributed by atoms with Crippen molar-refractivity contribution in [3.05, 3.63) is 39.9 Å². The van der Waals surface area contributed by atoms with Crippen LogP contribution in [0.4, 0.5) is 5.69 Å². The maximum absolute atomic E-state index is 13.7. The number of nitro groups is 1. The van der Waals surface area contributed by atoms with Gasteiger partial charge >= 0.3 is 11.9 Å². The van der Waals surface area contributed by atoms with Gasteiger partial charge in [0, 0.05) is 25.2 Å². The minimum Gasteiger partial charge on any atom is -0.465 e. The lowest BCUT2D eigenvalue weighted by atomic mass is 10.0. The molecule has 2 aliphatic heterocycles. The van der Waals surface area contributed by atoms with Crippen LogP contribution < -0.4 is 5.32 Å². The lowest BCUT2D eigenvalue weighted by Crippen LogP contribution is -2.62. The van der Waals surface area contributed by atoms with Gasteiger partial charge in [-0.2, -0.15) is 0 Å². The van der Waals surface area contributed by atoms with Crippen molar-refractivity contribution < 1.29 is 28.8 Å². The van der Waals surface area contributed by atoms with Crippen LogP contribution >= 0.6 is 0 Å². The van der Waals surface area contributed by atoms with E-state index in [2.05, 4.69) is 5.32 Å². The fourth-order valence-corrected chi connectivity index (χ4v) is 4.76. The number of nitro benzene ring substituents is 1. The SMILES string of the molecule is CCOC(=O)[C@H](CCc1ccc([N+](=O)[O-])cc1)N[C@H]1CCCN2CCC[C@@H](C(=O)OC(C)(C)C)N2C1=O. The Hall–Kier alpha value is -3.05. The van der Waals surface area contributed by atoms with Gasteiger partial charge in [0.25, 0.3) is 11.6 Å². The fourth-order valence-electron chi connectivity index (χ4n) is 4.76. The molecule has 0 aromatic heterocycles. The summed E-state index contributed by atoms with van der Waals surface area (Å²) >= 11 is 0. The molecule has 0 spiro atoms. The van der Waals surface area contributed by atoms with Crippen molar-refractivity contribution in [2.24, 2.45) is 0 Å². The van der Waals surface area contributed by atoms with Crippen LogP contribution in [0.5, 0.6) is 0 Å². The molecular formula is C26H38N4O7. The second kappa shape index (κ2) is 12.5. The van der Waals surface area contributed by atoms with Gasteiger partial charge in [-0.3, -0.25) is 30.0 Å². The number of hydrogen-bond acceptors (Lipinski definition) is 9. The van der Waals surface area contributed by atoms with Crippen molar-refractivity contribution >= 4 is 23.5 Å². The Balaban J connectivity index is 1.75. The van der Waals surface area contributed by atoms with Crippen molar-refractivity contribution in [1.29, 1.82) is 0 Å². The molecule has 0 unspecified atom stereocenters. The molecule has 3 atom stereocenters. The summed E-state index contributed by atoms with van der Waals surface area (Å²) in [4.78, 5) is 50.0. The normalized spacial score (nSPS) is 21.5. The Morgan fingerprint density at radius 2 is 1.81 bits per heavy atom. The summed E-state index contributed by atoms with van der Waals surface area (Å²) in [6, 6.07) is 4.06. The predicted octanol–water partition coefficient (Wildman–Crippen LogP) is 2.76. The molecule has 11 heteroatoms. The van der Waals surface area contributed by atoms with E-state index in [1.807, 2.05) is 5.01 Å². The molecule has 204 valence electrons. The number of rotatable bonds is 9. The van der Waals surface area contributed by atoms with Gasteiger partial charge in [0.1, 0.15) is 17.7 Å². The molecule has 3 rings (SSSR count). The van der Waals surface area contributed by atoms with Crippen LogP contribution in [-0.2, 0) is 30.3 Å². The minimum atomic E-state index is -0.750. The zero-order chi connectivity index (χ0) is 27.2. The molecule has 0 radical (unpaired) electrons. The summed E-state index contributed by atoms with van der Waals surface area (Å²) < 4.78 is 10.9. The average Bonchev–Trinajstić information content (AvgIpc) is 2.99. The van der Waals surface area contributed by atoms with Gasteiger partial charge in [-0.05, 0) is 71.8 Å². The van der Waals surface area contributed by atoms with E-state index in [9.17, 15) is 24.5 Å². The highest BCUT2D eigenvalue weighted by Crippen LogP contribution is 2.26. The summed E-state index contributed by atoms with van der Waals surface area (Å²) in [6.45, 7) is 8.64. The Morgan fingerprint density at radius 3 is 2.41 bits per heavy atom. The lowest BCUT2D eigenvalue weighted by molar-refractivity contribution is -0.384. The molecule has 37 heavy (non-hydrogen) atoms. The van der Waals surface area contributed by atoms with Gasteiger partial charge in [0.2, 0.25) is 0 Å². The van der Waals surface area contributed by atoms with E-state index < -0.39 is 40.6 Å². The quantitative estimate of drug-likeness (QED) is 0.298. The van der Waals surface area contributed by atoms with Crippen molar-refractivity contribution in [1.82, 2.24) is 15.3 Å². The van der Waals surface area contributed by atoms with Crippen LogP contribution in [0.2, 0.25) is 0 Å². The number of hydrogen-bond donors (Lipinski definition) is 1. The number of aryl methyl sites for hydroxylation is 1. The summed E-state index contributed by atoms with van der Waals surface area (Å²) in [6.07, 6.45) is 3.35. The monoisotopic (exact) mass is 518 g/mol. The highest BCUT2D eigenvalue weighted by molar-refractivity contribution is 5.88. The topological polar surface area (TPSA) is 131 Å². The highest BCUT2D eigenvalue weighted by Gasteiger charge is 2.43. The van der Waals surface area contributed by atoms with E-state index >= 15 is 0 Å². The van der Waals surface area contributed by atoms with E-state index in [0.717, 1.165) is 18.4 Å². The Labute approximate surface area is 217 Å². The van der Waals surface area contributed by atoms with Crippen molar-refractivity contribution in [3.63, 3.8) is 0 Å². The maximum atomic E-state index is 13.7. The largest absolute Gasteiger partial charge is 0.465 e. The third-order valence-corrected chi connectivity index (χ3v) is 6.45. The lowest BCUT2D eigenvalue weighted by Gasteiger charge is -2.43. The molecule has 2 aliphatic rings. The molecule has 1 amide bonds. The number of nitrogens with zero attached hydrogens (tertiary/aromatic N) is 3. The highest BCUT2D eigenvalue weighted by atomic mass is 16.6. The number of hydrazine groups is 1. The molecule has 11 nitrogen and oxygen atoms in total. The molecule has 2 heterocycles. The third kappa shape index (κ3) is 7.72. The standard InChI is InChI=1S/C26H38N4O7/c1-5-36-24(32)21(15-12-18-10-13-19(14-11-18)30(34)35)27-20-8-6-16-28-17-7-9-22(29(28)23(20)31)25(33)37-26(2,3)4/h10-11,13-14,20-22,27H,5-9,12,15-17H2,1-4H3/t20-,21-,22-/m0/s1. The number of non-ortho nitro benzene ring substituents is 1. The van der Waals surface area contributed by atoms with E-state index in [1.165, 1.54) is 12.1 Å². The number of fused-ring (bicyclic) bond motifs is 1. The zero-order valence-electron chi connectivity index (χ0n) is 22.1. The fraction of sp³-hybridized carbons (Fsp3) is 0.654. The Morgan fingerprint density at radius 1 is 1.16 bits per heavy atom. The van der Waals surface area contributed by atoms with Gasteiger partial charge < -0.3 is 9.47 Å². The van der Waals surface area contributed by atoms with E-state index in [4.69, 9.17) is 9.47 Å². The number of carbonyl (C=O) groups is 3. The van der Waals surface area contributed by atoms with Crippen LogP contribution in [0.3, 0.4) is 0 Å². The number of carbonyl (C=O) groups excluding carboxylic acids is 3. The molecule has 1 N–H and O–H groups in total. The van der Waals surface area contributed by atoms with Crippen LogP contribution in [0, 0.1) is 10.1 Å². The third-order valence-electron chi connectivity index (χ3n) is 6.45. The van der Waals surface area contributed by atoms with Crippen molar-refractivity contribution in [2.75, 3.05) is 19.7 Å². The van der Waals surface area contributed by atoms with Crippen LogP contribution in [0.25, 0.3) is 0 Å². The van der Waals surface area contributed by atoms with Crippen LogP contribution in [0.15, 0.2) is 24.3 Å². The van der Waals surface area contributed by atoms with Gasteiger partial charge in [0.05, 0.1) is 17.6 Å². The molecule has 0 aliphatic carbocycles. The molecule has 1 aromatic carbocycles. The molecule has 1 aromatic rings. The molecular weight excluding hydrogens is 480 g/mol. The average molecular weight is 519 g/mol.